The SMILES string of the molecule is CCN[C@@H]1CNC[C@H]1c1ccc(Cl)c(F)c1. The van der Waals surface area contributed by atoms with Crippen LogP contribution in [0.5, 0.6) is 0 Å². The van der Waals surface area contributed by atoms with E-state index in [-0.39, 0.29) is 10.8 Å². The Bertz CT molecular complexity index is 370. The van der Waals surface area contributed by atoms with E-state index in [9.17, 15) is 4.39 Å². The monoisotopic (exact) mass is 242 g/mol. The van der Waals surface area contributed by atoms with Gasteiger partial charge in [0.15, 0.2) is 0 Å². The van der Waals surface area contributed by atoms with Gasteiger partial charge < -0.3 is 10.6 Å². The van der Waals surface area contributed by atoms with Crippen LogP contribution in [0, 0.1) is 5.82 Å². The standard InChI is InChI=1S/C12H16ClFN2/c1-2-16-12-7-15-6-9(12)8-3-4-10(13)11(14)5-8/h3-5,9,12,15-16H,2,6-7H2,1H3/t9-,12+/m0/s1. The molecule has 1 aliphatic rings. The summed E-state index contributed by atoms with van der Waals surface area (Å²) in [6.45, 7) is 4.83. The lowest BCUT2D eigenvalue weighted by atomic mass is 9.94. The van der Waals surface area contributed by atoms with Crippen LogP contribution in [0.2, 0.25) is 5.02 Å². The Hall–Kier alpha value is -0.640. The third-order valence-electron chi connectivity index (χ3n) is 3.05. The Balaban J connectivity index is 2.19. The number of hydrogen-bond acceptors (Lipinski definition) is 2. The Morgan fingerprint density at radius 3 is 3.00 bits per heavy atom. The van der Waals surface area contributed by atoms with Gasteiger partial charge in [0.1, 0.15) is 5.82 Å². The molecule has 4 heteroatoms. The van der Waals surface area contributed by atoms with E-state index in [1.807, 2.05) is 6.07 Å². The van der Waals surface area contributed by atoms with Gasteiger partial charge in [0.05, 0.1) is 5.02 Å². The van der Waals surface area contributed by atoms with Gasteiger partial charge in [0.25, 0.3) is 0 Å². The minimum absolute atomic E-state index is 0.190. The summed E-state index contributed by atoms with van der Waals surface area (Å²) < 4.78 is 13.4. The first-order valence-corrected chi connectivity index (χ1v) is 5.99. The molecule has 2 atom stereocenters. The van der Waals surface area contributed by atoms with Crippen molar-refractivity contribution in [3.63, 3.8) is 0 Å². The number of likely N-dealkylation sites (N-methyl/N-ethyl adjacent to an activating group) is 1. The van der Waals surface area contributed by atoms with Crippen molar-refractivity contribution in [1.29, 1.82) is 0 Å². The Labute approximate surface area is 100 Å². The molecule has 1 saturated heterocycles. The van der Waals surface area contributed by atoms with Crippen molar-refractivity contribution in [1.82, 2.24) is 10.6 Å². The largest absolute Gasteiger partial charge is 0.314 e. The van der Waals surface area contributed by atoms with E-state index in [4.69, 9.17) is 11.6 Å². The maximum Gasteiger partial charge on any atom is 0.142 e. The molecule has 0 unspecified atom stereocenters. The summed E-state index contributed by atoms with van der Waals surface area (Å²) in [5, 5.41) is 6.92. The van der Waals surface area contributed by atoms with Crippen LogP contribution in [0.15, 0.2) is 18.2 Å². The second kappa shape index (κ2) is 5.13. The van der Waals surface area contributed by atoms with Crippen molar-refractivity contribution >= 4 is 11.6 Å². The van der Waals surface area contributed by atoms with Crippen LogP contribution in [-0.4, -0.2) is 25.7 Å². The maximum absolute atomic E-state index is 13.4. The van der Waals surface area contributed by atoms with Crippen LogP contribution in [0.3, 0.4) is 0 Å². The smallest absolute Gasteiger partial charge is 0.142 e. The molecule has 88 valence electrons. The molecule has 0 saturated carbocycles. The molecule has 0 spiro atoms. The zero-order valence-corrected chi connectivity index (χ0v) is 10.0. The van der Waals surface area contributed by atoms with E-state index in [0.29, 0.717) is 12.0 Å². The van der Waals surface area contributed by atoms with Crippen LogP contribution in [0.25, 0.3) is 0 Å². The molecule has 1 heterocycles. The van der Waals surface area contributed by atoms with E-state index < -0.39 is 0 Å². The van der Waals surface area contributed by atoms with Gasteiger partial charge in [-0.3, -0.25) is 0 Å². The second-order valence-electron chi connectivity index (χ2n) is 4.10. The highest BCUT2D eigenvalue weighted by atomic mass is 35.5. The molecule has 1 aromatic rings. The predicted molar refractivity (Wildman–Crippen MR) is 64.5 cm³/mol. The first-order chi connectivity index (χ1) is 7.72. The lowest BCUT2D eigenvalue weighted by Crippen LogP contribution is -2.34. The van der Waals surface area contributed by atoms with E-state index >= 15 is 0 Å². The highest BCUT2D eigenvalue weighted by Crippen LogP contribution is 2.26. The Morgan fingerprint density at radius 2 is 2.31 bits per heavy atom. The predicted octanol–water partition coefficient (Wildman–Crippen LogP) is 2.14. The second-order valence-corrected chi connectivity index (χ2v) is 4.51. The van der Waals surface area contributed by atoms with Gasteiger partial charge in [-0.25, -0.2) is 4.39 Å². The summed E-state index contributed by atoms with van der Waals surface area (Å²) in [5.74, 6) is -0.00645. The van der Waals surface area contributed by atoms with E-state index in [1.165, 1.54) is 0 Å². The molecule has 2 N–H and O–H groups in total. The summed E-state index contributed by atoms with van der Waals surface area (Å²) in [6, 6.07) is 5.47. The molecule has 0 radical (unpaired) electrons. The fourth-order valence-corrected chi connectivity index (χ4v) is 2.37. The normalized spacial score (nSPS) is 24.9. The minimum atomic E-state index is -0.332. The fraction of sp³-hybridized carbons (Fsp3) is 0.500. The van der Waals surface area contributed by atoms with Gasteiger partial charge in [-0.05, 0) is 24.2 Å². The van der Waals surface area contributed by atoms with E-state index in [0.717, 1.165) is 25.2 Å². The van der Waals surface area contributed by atoms with Crippen molar-refractivity contribution in [2.24, 2.45) is 0 Å². The average molecular weight is 243 g/mol. The van der Waals surface area contributed by atoms with Gasteiger partial charge in [0.2, 0.25) is 0 Å². The van der Waals surface area contributed by atoms with Crippen LogP contribution >= 0.6 is 11.6 Å². The molecule has 1 aliphatic heterocycles. The molecule has 0 aromatic heterocycles. The quantitative estimate of drug-likeness (QED) is 0.849. The first-order valence-electron chi connectivity index (χ1n) is 5.61. The lowest BCUT2D eigenvalue weighted by molar-refractivity contribution is 0.517. The maximum atomic E-state index is 13.4. The topological polar surface area (TPSA) is 24.1 Å². The molecule has 1 aromatic carbocycles. The Kier molecular flexibility index (Phi) is 3.79. The van der Waals surface area contributed by atoms with Gasteiger partial charge in [-0.2, -0.15) is 0 Å². The highest BCUT2D eigenvalue weighted by molar-refractivity contribution is 6.30. The average Bonchev–Trinajstić information content (AvgIpc) is 2.71. The van der Waals surface area contributed by atoms with E-state index in [1.54, 1.807) is 12.1 Å². The molecule has 0 amide bonds. The van der Waals surface area contributed by atoms with Gasteiger partial charge >= 0.3 is 0 Å². The van der Waals surface area contributed by atoms with Crippen molar-refractivity contribution < 1.29 is 4.39 Å². The number of halogens is 2. The van der Waals surface area contributed by atoms with Crippen LogP contribution < -0.4 is 10.6 Å². The van der Waals surface area contributed by atoms with E-state index in [2.05, 4.69) is 17.6 Å². The summed E-state index contributed by atoms with van der Waals surface area (Å²) in [6.07, 6.45) is 0. The fourth-order valence-electron chi connectivity index (χ4n) is 2.25. The van der Waals surface area contributed by atoms with Crippen molar-refractivity contribution in [3.8, 4) is 0 Å². The summed E-state index contributed by atoms with van der Waals surface area (Å²) in [5.41, 5.74) is 1.01. The number of rotatable bonds is 3. The molecule has 16 heavy (non-hydrogen) atoms. The lowest BCUT2D eigenvalue weighted by Gasteiger charge is -2.19. The summed E-state index contributed by atoms with van der Waals surface area (Å²) >= 11 is 5.68. The number of hydrogen-bond donors (Lipinski definition) is 2. The Morgan fingerprint density at radius 1 is 1.50 bits per heavy atom. The zero-order chi connectivity index (χ0) is 11.5. The third-order valence-corrected chi connectivity index (χ3v) is 3.36. The van der Waals surface area contributed by atoms with Gasteiger partial charge in [0, 0.05) is 25.0 Å². The molecule has 2 rings (SSSR count). The number of benzene rings is 1. The zero-order valence-electron chi connectivity index (χ0n) is 9.26. The minimum Gasteiger partial charge on any atom is -0.314 e. The molecular formula is C12H16ClFN2. The van der Waals surface area contributed by atoms with Crippen LogP contribution in [0.1, 0.15) is 18.4 Å². The first kappa shape index (κ1) is 11.8. The molecule has 0 aliphatic carbocycles. The molecule has 0 bridgehead atoms. The summed E-state index contributed by atoms with van der Waals surface area (Å²) in [4.78, 5) is 0. The van der Waals surface area contributed by atoms with Crippen LogP contribution in [-0.2, 0) is 0 Å². The highest BCUT2D eigenvalue weighted by Gasteiger charge is 2.27. The van der Waals surface area contributed by atoms with Gasteiger partial charge in [-0.15, -0.1) is 0 Å². The van der Waals surface area contributed by atoms with Crippen molar-refractivity contribution in [2.45, 2.75) is 18.9 Å². The summed E-state index contributed by atoms with van der Waals surface area (Å²) in [7, 11) is 0. The molecule has 2 nitrogen and oxygen atoms in total. The van der Waals surface area contributed by atoms with Crippen LogP contribution in [0.4, 0.5) is 4.39 Å². The third kappa shape index (κ3) is 2.37. The van der Waals surface area contributed by atoms with Crippen molar-refractivity contribution in [3.05, 3.63) is 34.6 Å². The molecular weight excluding hydrogens is 227 g/mol. The molecule has 1 fully saturated rings. The van der Waals surface area contributed by atoms with Gasteiger partial charge in [-0.1, -0.05) is 24.6 Å². The van der Waals surface area contributed by atoms with Crippen molar-refractivity contribution in [2.75, 3.05) is 19.6 Å². The number of nitrogens with one attached hydrogen (secondary N) is 2.